The Hall–Kier alpha value is -0.970. The fourth-order valence-corrected chi connectivity index (χ4v) is 1.61. The maximum Gasteiger partial charge on any atom is 0.275 e. The summed E-state index contributed by atoms with van der Waals surface area (Å²) in [5, 5.41) is 10.7. The van der Waals surface area contributed by atoms with Gasteiger partial charge in [0.05, 0.1) is 11.0 Å². The van der Waals surface area contributed by atoms with E-state index in [2.05, 4.69) is 15.9 Å². The van der Waals surface area contributed by atoms with E-state index in [1.807, 2.05) is 6.92 Å². The van der Waals surface area contributed by atoms with Gasteiger partial charge in [-0.2, -0.15) is 0 Å². The lowest BCUT2D eigenvalue weighted by molar-refractivity contribution is -0.385. The van der Waals surface area contributed by atoms with E-state index in [-0.39, 0.29) is 10.5 Å². The molecule has 0 N–H and O–H groups in total. The fourth-order valence-electron chi connectivity index (χ4n) is 1.26. The Morgan fingerprint density at radius 2 is 2.27 bits per heavy atom. The molecule has 0 fully saturated rings. The Morgan fingerprint density at radius 1 is 1.60 bits per heavy atom. The summed E-state index contributed by atoms with van der Waals surface area (Å²) in [4.78, 5) is 10.3. The highest BCUT2D eigenvalue weighted by Crippen LogP contribution is 2.23. The number of hydrogen-bond acceptors (Lipinski definition) is 2. The van der Waals surface area contributed by atoms with Gasteiger partial charge in [0.25, 0.3) is 5.69 Å². The van der Waals surface area contributed by atoms with Crippen LogP contribution in [-0.2, 0) is 6.42 Å². The molecule has 0 aliphatic rings. The third kappa shape index (κ3) is 3.27. The molecular weight excluding hydrogens is 265 g/mol. The SMILES string of the molecule is CCC(Br)Cc1ccc(F)cc1[N+](=O)[O-]. The molecule has 0 spiro atoms. The summed E-state index contributed by atoms with van der Waals surface area (Å²) < 4.78 is 12.8. The Morgan fingerprint density at radius 3 is 2.80 bits per heavy atom. The molecule has 0 saturated heterocycles. The minimum absolute atomic E-state index is 0.145. The zero-order valence-electron chi connectivity index (χ0n) is 8.24. The molecule has 5 heteroatoms. The van der Waals surface area contributed by atoms with Crippen molar-refractivity contribution in [3.05, 3.63) is 39.7 Å². The molecule has 15 heavy (non-hydrogen) atoms. The number of nitrogens with zero attached hydrogens (tertiary/aromatic N) is 1. The molecule has 0 heterocycles. The second kappa shape index (κ2) is 5.21. The Balaban J connectivity index is 3.01. The van der Waals surface area contributed by atoms with Gasteiger partial charge in [0.2, 0.25) is 0 Å². The fraction of sp³-hybridized carbons (Fsp3) is 0.400. The van der Waals surface area contributed by atoms with Crippen molar-refractivity contribution >= 4 is 21.6 Å². The summed E-state index contributed by atoms with van der Waals surface area (Å²) in [6, 6.07) is 3.68. The van der Waals surface area contributed by atoms with E-state index in [1.165, 1.54) is 12.1 Å². The molecule has 0 aliphatic heterocycles. The van der Waals surface area contributed by atoms with Crippen LogP contribution < -0.4 is 0 Å². The predicted molar refractivity (Wildman–Crippen MR) is 59.8 cm³/mol. The number of alkyl halides is 1. The van der Waals surface area contributed by atoms with E-state index >= 15 is 0 Å². The predicted octanol–water partition coefficient (Wildman–Crippen LogP) is 3.45. The maximum absolute atomic E-state index is 12.8. The van der Waals surface area contributed by atoms with E-state index in [1.54, 1.807) is 0 Å². The highest BCUT2D eigenvalue weighted by atomic mass is 79.9. The molecule has 1 atom stereocenters. The molecule has 1 rings (SSSR count). The largest absolute Gasteiger partial charge is 0.275 e. The van der Waals surface area contributed by atoms with Gasteiger partial charge in [-0.05, 0) is 25.0 Å². The van der Waals surface area contributed by atoms with Crippen molar-refractivity contribution in [3.63, 3.8) is 0 Å². The van der Waals surface area contributed by atoms with Crippen LogP contribution >= 0.6 is 15.9 Å². The van der Waals surface area contributed by atoms with Crippen LogP contribution in [0.15, 0.2) is 18.2 Å². The van der Waals surface area contributed by atoms with Crippen LogP contribution in [0.25, 0.3) is 0 Å². The molecule has 0 saturated carbocycles. The van der Waals surface area contributed by atoms with Gasteiger partial charge >= 0.3 is 0 Å². The summed E-state index contributed by atoms with van der Waals surface area (Å²) in [5.41, 5.74) is 0.415. The Bertz CT molecular complexity index is 370. The van der Waals surface area contributed by atoms with E-state index in [4.69, 9.17) is 0 Å². The number of nitro groups is 1. The molecule has 0 amide bonds. The summed E-state index contributed by atoms with van der Waals surface area (Å²) >= 11 is 3.40. The van der Waals surface area contributed by atoms with Gasteiger partial charge in [-0.25, -0.2) is 4.39 Å². The average molecular weight is 276 g/mol. The summed E-state index contributed by atoms with van der Waals surface area (Å²) in [6.07, 6.45) is 1.40. The molecule has 1 unspecified atom stereocenters. The first kappa shape index (κ1) is 12.1. The first-order chi connectivity index (χ1) is 7.04. The number of hydrogen-bond donors (Lipinski definition) is 0. The minimum atomic E-state index is -0.576. The summed E-state index contributed by atoms with van der Waals surface area (Å²) in [5.74, 6) is -0.576. The maximum atomic E-state index is 12.8. The van der Waals surface area contributed by atoms with Crippen molar-refractivity contribution in [1.29, 1.82) is 0 Å². The molecule has 0 radical (unpaired) electrons. The van der Waals surface area contributed by atoms with E-state index in [9.17, 15) is 14.5 Å². The van der Waals surface area contributed by atoms with Gasteiger partial charge < -0.3 is 0 Å². The molecule has 3 nitrogen and oxygen atoms in total. The van der Waals surface area contributed by atoms with Gasteiger partial charge in [-0.1, -0.05) is 22.9 Å². The van der Waals surface area contributed by atoms with E-state index in [0.717, 1.165) is 12.5 Å². The van der Waals surface area contributed by atoms with Gasteiger partial charge in [-0.15, -0.1) is 0 Å². The summed E-state index contributed by atoms with van der Waals surface area (Å²) in [6.45, 7) is 1.98. The quantitative estimate of drug-likeness (QED) is 0.480. The van der Waals surface area contributed by atoms with Gasteiger partial charge in [0, 0.05) is 10.4 Å². The van der Waals surface area contributed by atoms with Crippen molar-refractivity contribution in [3.8, 4) is 0 Å². The molecule has 0 aliphatic carbocycles. The molecule has 1 aromatic rings. The summed E-state index contributed by atoms with van der Waals surface area (Å²) in [7, 11) is 0. The molecule has 0 bridgehead atoms. The lowest BCUT2D eigenvalue weighted by Crippen LogP contribution is -2.04. The number of rotatable bonds is 4. The van der Waals surface area contributed by atoms with E-state index < -0.39 is 10.7 Å². The second-order valence-electron chi connectivity index (χ2n) is 3.24. The normalized spacial score (nSPS) is 12.5. The minimum Gasteiger partial charge on any atom is -0.258 e. The highest BCUT2D eigenvalue weighted by Gasteiger charge is 2.16. The average Bonchev–Trinajstić information content (AvgIpc) is 2.20. The standard InChI is InChI=1S/C10H11BrFNO2/c1-2-8(11)5-7-3-4-9(12)6-10(7)13(14)15/h3-4,6,8H,2,5H2,1H3. The Kier molecular flexibility index (Phi) is 4.20. The van der Waals surface area contributed by atoms with Crippen LogP contribution in [0.4, 0.5) is 10.1 Å². The third-order valence-corrected chi connectivity index (χ3v) is 3.10. The monoisotopic (exact) mass is 275 g/mol. The first-order valence-electron chi connectivity index (χ1n) is 4.61. The van der Waals surface area contributed by atoms with Crippen LogP contribution in [-0.4, -0.2) is 9.75 Å². The Labute approximate surface area is 95.6 Å². The van der Waals surface area contributed by atoms with Gasteiger partial charge in [0.15, 0.2) is 0 Å². The molecular formula is C10H11BrFNO2. The van der Waals surface area contributed by atoms with Crippen LogP contribution in [0.1, 0.15) is 18.9 Å². The first-order valence-corrected chi connectivity index (χ1v) is 5.53. The van der Waals surface area contributed by atoms with Crippen molar-refractivity contribution in [2.75, 3.05) is 0 Å². The molecule has 1 aromatic carbocycles. The van der Waals surface area contributed by atoms with Gasteiger partial charge in [0.1, 0.15) is 5.82 Å². The molecule has 82 valence electrons. The molecule has 0 aromatic heterocycles. The zero-order chi connectivity index (χ0) is 11.4. The number of benzene rings is 1. The zero-order valence-corrected chi connectivity index (χ0v) is 9.83. The smallest absolute Gasteiger partial charge is 0.258 e. The van der Waals surface area contributed by atoms with E-state index in [0.29, 0.717) is 12.0 Å². The number of halogens is 2. The van der Waals surface area contributed by atoms with Crippen LogP contribution in [0.2, 0.25) is 0 Å². The van der Waals surface area contributed by atoms with Gasteiger partial charge in [-0.3, -0.25) is 10.1 Å². The van der Waals surface area contributed by atoms with Crippen molar-refractivity contribution in [1.82, 2.24) is 0 Å². The highest BCUT2D eigenvalue weighted by molar-refractivity contribution is 9.09. The van der Waals surface area contributed by atoms with Crippen LogP contribution in [0, 0.1) is 15.9 Å². The number of nitro benzene ring substituents is 1. The van der Waals surface area contributed by atoms with Crippen molar-refractivity contribution in [2.45, 2.75) is 24.6 Å². The second-order valence-corrected chi connectivity index (χ2v) is 4.53. The van der Waals surface area contributed by atoms with Crippen molar-refractivity contribution in [2.24, 2.45) is 0 Å². The van der Waals surface area contributed by atoms with Crippen LogP contribution in [0.5, 0.6) is 0 Å². The lowest BCUT2D eigenvalue weighted by atomic mass is 10.1. The topological polar surface area (TPSA) is 43.1 Å². The van der Waals surface area contributed by atoms with Crippen LogP contribution in [0.3, 0.4) is 0 Å². The lowest BCUT2D eigenvalue weighted by Gasteiger charge is -2.07. The third-order valence-electron chi connectivity index (χ3n) is 2.13. The van der Waals surface area contributed by atoms with Crippen molar-refractivity contribution < 1.29 is 9.31 Å².